The molecular weight excluding hydrogens is 288 g/mol. The van der Waals surface area contributed by atoms with Gasteiger partial charge in [-0.25, -0.2) is 14.4 Å². The third-order valence-electron chi connectivity index (χ3n) is 3.51. The van der Waals surface area contributed by atoms with Crippen LogP contribution in [0.25, 0.3) is 0 Å². The number of carbonyl (C=O) groups excluding carboxylic acids is 3. The van der Waals surface area contributed by atoms with Gasteiger partial charge in [-0.15, -0.1) is 0 Å². The van der Waals surface area contributed by atoms with Crippen LogP contribution >= 0.6 is 0 Å². The Labute approximate surface area is 124 Å². The Morgan fingerprint density at radius 1 is 0.773 bits per heavy atom. The molecule has 0 amide bonds. The first kappa shape index (κ1) is 12.6. The molecule has 22 heavy (non-hydrogen) atoms. The number of cyclic esters (lactones) is 3. The number of esters is 3. The molecule has 108 valence electrons. The second kappa shape index (κ2) is 4.42. The van der Waals surface area contributed by atoms with Crippen LogP contribution < -0.4 is 4.74 Å². The number of hydrogen-bond acceptors (Lipinski definition) is 6. The lowest BCUT2D eigenvalue weighted by Crippen LogP contribution is -1.96. The molecule has 0 saturated carbocycles. The summed E-state index contributed by atoms with van der Waals surface area (Å²) >= 11 is 0. The van der Waals surface area contributed by atoms with Gasteiger partial charge in [0.1, 0.15) is 18.1 Å². The van der Waals surface area contributed by atoms with Crippen molar-refractivity contribution in [3.05, 3.63) is 58.7 Å². The lowest BCUT2D eigenvalue weighted by atomic mass is 10.1. The Morgan fingerprint density at radius 3 is 2.27 bits per heavy atom. The van der Waals surface area contributed by atoms with Gasteiger partial charge in [0.25, 0.3) is 0 Å². The third kappa shape index (κ3) is 1.85. The summed E-state index contributed by atoms with van der Waals surface area (Å²) in [6, 6.07) is 9.49. The van der Waals surface area contributed by atoms with Crippen LogP contribution in [0.1, 0.15) is 36.6 Å². The van der Waals surface area contributed by atoms with Crippen LogP contribution in [0.3, 0.4) is 0 Å². The van der Waals surface area contributed by atoms with Gasteiger partial charge in [0.15, 0.2) is 0 Å². The molecule has 6 nitrogen and oxygen atoms in total. The second-order valence-electron chi connectivity index (χ2n) is 4.88. The molecule has 0 aliphatic carbocycles. The Balaban J connectivity index is 1.65. The van der Waals surface area contributed by atoms with Gasteiger partial charge < -0.3 is 14.2 Å². The molecule has 2 aromatic rings. The standard InChI is InChI=1S/C16H8O6/c17-14-11-3-1-9(5-8(11)7-20-14)21-10-2-4-12-13(6-10)16(19)22-15(12)18/h1-6H,7H2. The summed E-state index contributed by atoms with van der Waals surface area (Å²) in [6.45, 7) is 0.219. The van der Waals surface area contributed by atoms with Crippen molar-refractivity contribution >= 4 is 17.9 Å². The van der Waals surface area contributed by atoms with E-state index in [9.17, 15) is 14.4 Å². The fourth-order valence-corrected chi connectivity index (χ4v) is 2.44. The highest BCUT2D eigenvalue weighted by molar-refractivity contribution is 6.14. The minimum Gasteiger partial charge on any atom is -0.457 e. The molecular formula is C16H8O6. The van der Waals surface area contributed by atoms with Crippen molar-refractivity contribution in [2.45, 2.75) is 6.61 Å². The van der Waals surface area contributed by atoms with Crippen molar-refractivity contribution in [2.24, 2.45) is 0 Å². The van der Waals surface area contributed by atoms with Crippen molar-refractivity contribution in [1.29, 1.82) is 0 Å². The topological polar surface area (TPSA) is 78.9 Å². The number of hydrogen-bond donors (Lipinski definition) is 0. The lowest BCUT2D eigenvalue weighted by Gasteiger charge is -2.07. The molecule has 6 heteroatoms. The van der Waals surface area contributed by atoms with E-state index in [4.69, 9.17) is 9.47 Å². The van der Waals surface area contributed by atoms with Gasteiger partial charge in [-0.2, -0.15) is 0 Å². The van der Waals surface area contributed by atoms with Crippen molar-refractivity contribution < 1.29 is 28.6 Å². The van der Waals surface area contributed by atoms with Crippen LogP contribution in [0, 0.1) is 0 Å². The second-order valence-corrected chi connectivity index (χ2v) is 4.88. The largest absolute Gasteiger partial charge is 0.457 e. The van der Waals surface area contributed by atoms with Gasteiger partial charge >= 0.3 is 17.9 Å². The highest BCUT2D eigenvalue weighted by Crippen LogP contribution is 2.30. The van der Waals surface area contributed by atoms with E-state index < -0.39 is 11.9 Å². The average molecular weight is 296 g/mol. The first-order valence-electron chi connectivity index (χ1n) is 6.50. The monoisotopic (exact) mass is 296 g/mol. The molecule has 2 aromatic carbocycles. The van der Waals surface area contributed by atoms with Crippen LogP contribution in [0.4, 0.5) is 0 Å². The zero-order chi connectivity index (χ0) is 15.3. The first-order chi connectivity index (χ1) is 10.6. The number of fused-ring (bicyclic) bond motifs is 2. The average Bonchev–Trinajstić information content (AvgIpc) is 3.00. The van der Waals surface area contributed by atoms with Gasteiger partial charge in [-0.3, -0.25) is 0 Å². The summed E-state index contributed by atoms with van der Waals surface area (Å²) in [4.78, 5) is 34.3. The maximum atomic E-state index is 11.5. The highest BCUT2D eigenvalue weighted by Gasteiger charge is 2.30. The summed E-state index contributed by atoms with van der Waals surface area (Å²) in [7, 11) is 0. The SMILES string of the molecule is O=C1OCc2cc(Oc3ccc4c(c3)C(=O)OC4=O)ccc21. The van der Waals surface area contributed by atoms with Crippen molar-refractivity contribution in [2.75, 3.05) is 0 Å². The maximum Gasteiger partial charge on any atom is 0.347 e. The van der Waals surface area contributed by atoms with Gasteiger partial charge in [-0.1, -0.05) is 0 Å². The van der Waals surface area contributed by atoms with E-state index in [0.29, 0.717) is 17.1 Å². The maximum absolute atomic E-state index is 11.5. The van der Waals surface area contributed by atoms with Gasteiger partial charge in [-0.05, 0) is 36.4 Å². The molecule has 0 fully saturated rings. The number of carbonyl (C=O) groups is 3. The molecule has 2 aliphatic heterocycles. The molecule has 0 bridgehead atoms. The first-order valence-corrected chi connectivity index (χ1v) is 6.50. The molecule has 0 saturated heterocycles. The number of benzene rings is 2. The van der Waals surface area contributed by atoms with Crippen LogP contribution in [0.2, 0.25) is 0 Å². The lowest BCUT2D eigenvalue weighted by molar-refractivity contribution is 0.0442. The van der Waals surface area contributed by atoms with E-state index in [-0.39, 0.29) is 23.7 Å². The Morgan fingerprint density at radius 2 is 1.45 bits per heavy atom. The molecule has 0 spiro atoms. The summed E-state index contributed by atoms with van der Waals surface area (Å²) in [5.74, 6) is -0.774. The molecule has 4 rings (SSSR count). The van der Waals surface area contributed by atoms with Crippen molar-refractivity contribution in [1.82, 2.24) is 0 Å². The van der Waals surface area contributed by atoms with E-state index in [1.165, 1.54) is 12.1 Å². The smallest absolute Gasteiger partial charge is 0.347 e. The molecule has 0 N–H and O–H groups in total. The predicted octanol–water partition coefficient (Wildman–Crippen LogP) is 2.46. The molecule has 0 atom stereocenters. The normalized spacial score (nSPS) is 15.2. The van der Waals surface area contributed by atoms with E-state index in [1.807, 2.05) is 0 Å². The summed E-state index contributed by atoms with van der Waals surface area (Å²) in [5, 5.41) is 0. The van der Waals surface area contributed by atoms with Crippen LogP contribution in [-0.4, -0.2) is 17.9 Å². The highest BCUT2D eigenvalue weighted by atomic mass is 16.6. The van der Waals surface area contributed by atoms with Crippen LogP contribution in [-0.2, 0) is 16.1 Å². The predicted molar refractivity (Wildman–Crippen MR) is 71.8 cm³/mol. The van der Waals surface area contributed by atoms with E-state index in [2.05, 4.69) is 4.74 Å². The van der Waals surface area contributed by atoms with Gasteiger partial charge in [0, 0.05) is 5.56 Å². The van der Waals surface area contributed by atoms with E-state index in [1.54, 1.807) is 24.3 Å². The summed E-state index contributed by atoms with van der Waals surface area (Å²) in [6.07, 6.45) is 0. The third-order valence-corrected chi connectivity index (χ3v) is 3.51. The van der Waals surface area contributed by atoms with E-state index >= 15 is 0 Å². The fourth-order valence-electron chi connectivity index (χ4n) is 2.44. The Hall–Kier alpha value is -3.15. The Kier molecular flexibility index (Phi) is 2.53. The molecule has 0 unspecified atom stereocenters. The van der Waals surface area contributed by atoms with Crippen LogP contribution in [0.5, 0.6) is 11.5 Å². The number of rotatable bonds is 2. The molecule has 2 aliphatic rings. The number of ether oxygens (including phenoxy) is 3. The summed E-state index contributed by atoms with van der Waals surface area (Å²) in [5.41, 5.74) is 1.68. The van der Waals surface area contributed by atoms with Gasteiger partial charge in [0.2, 0.25) is 0 Å². The molecule has 0 radical (unpaired) electrons. The minimum absolute atomic E-state index is 0.183. The van der Waals surface area contributed by atoms with Crippen molar-refractivity contribution in [3.8, 4) is 11.5 Å². The minimum atomic E-state index is -0.682. The van der Waals surface area contributed by atoms with Gasteiger partial charge in [0.05, 0.1) is 16.7 Å². The quantitative estimate of drug-likeness (QED) is 0.625. The zero-order valence-electron chi connectivity index (χ0n) is 11.1. The summed E-state index contributed by atoms with van der Waals surface area (Å²) < 4.78 is 15.1. The molecule has 0 aromatic heterocycles. The van der Waals surface area contributed by atoms with Crippen LogP contribution in [0.15, 0.2) is 36.4 Å². The fraction of sp³-hybridized carbons (Fsp3) is 0.0625. The van der Waals surface area contributed by atoms with E-state index in [0.717, 1.165) is 5.56 Å². The van der Waals surface area contributed by atoms with Crippen molar-refractivity contribution in [3.63, 3.8) is 0 Å². The zero-order valence-corrected chi connectivity index (χ0v) is 11.1. The Bertz CT molecular complexity index is 852. The molecule has 2 heterocycles.